The fourth-order valence-electron chi connectivity index (χ4n) is 2.01. The molecular formula is C15H19N3O8. The van der Waals surface area contributed by atoms with Gasteiger partial charge in [-0.25, -0.2) is 32.9 Å². The first kappa shape index (κ1) is 20.8. The Kier molecular flexibility index (Phi) is 7.96. The van der Waals surface area contributed by atoms with Gasteiger partial charge in [-0.1, -0.05) is 13.2 Å². The van der Waals surface area contributed by atoms with E-state index < -0.39 is 35.6 Å². The Morgan fingerprint density at radius 3 is 2.00 bits per heavy atom. The highest BCUT2D eigenvalue weighted by molar-refractivity contribution is 5.81. The number of hydrogen-bond donors (Lipinski definition) is 1. The number of aliphatic hydroxyl groups excluding tert-OH is 1. The van der Waals surface area contributed by atoms with Crippen molar-refractivity contribution in [3.63, 3.8) is 0 Å². The van der Waals surface area contributed by atoms with Gasteiger partial charge in [-0.05, 0) is 0 Å². The van der Waals surface area contributed by atoms with Crippen LogP contribution in [0.2, 0.25) is 0 Å². The average Bonchev–Trinajstić information content (AvgIpc) is 2.61. The van der Waals surface area contributed by atoms with Crippen LogP contribution in [0.1, 0.15) is 6.42 Å². The minimum atomic E-state index is -0.977. The molecule has 26 heavy (non-hydrogen) atoms. The van der Waals surface area contributed by atoms with Crippen LogP contribution in [0.25, 0.3) is 0 Å². The molecule has 0 aromatic carbocycles. The van der Waals surface area contributed by atoms with E-state index >= 15 is 0 Å². The molecule has 0 aliphatic carbocycles. The second kappa shape index (κ2) is 9.93. The van der Waals surface area contributed by atoms with E-state index in [1.54, 1.807) is 0 Å². The number of hydrogen-bond acceptors (Lipinski definition) is 8. The van der Waals surface area contributed by atoms with Crippen LogP contribution < -0.4 is 17.1 Å². The monoisotopic (exact) mass is 369 g/mol. The van der Waals surface area contributed by atoms with Gasteiger partial charge in [-0.2, -0.15) is 0 Å². The number of ether oxygens (including phenoxy) is 2. The molecule has 0 bridgehead atoms. The molecule has 0 atom stereocenters. The number of aliphatic hydroxyl groups is 1. The van der Waals surface area contributed by atoms with Crippen LogP contribution in [0.3, 0.4) is 0 Å². The van der Waals surface area contributed by atoms with E-state index in [2.05, 4.69) is 17.9 Å². The van der Waals surface area contributed by atoms with Crippen LogP contribution >= 0.6 is 0 Å². The summed E-state index contributed by atoms with van der Waals surface area (Å²) in [5.74, 6) is -1.47. The van der Waals surface area contributed by atoms with Crippen LogP contribution in [0, 0.1) is 0 Å². The first-order valence-electron chi connectivity index (χ1n) is 7.52. The maximum Gasteiger partial charge on any atom is 0.336 e. The highest BCUT2D eigenvalue weighted by Crippen LogP contribution is 1.89. The fourth-order valence-corrected chi connectivity index (χ4v) is 2.01. The Hall–Kier alpha value is -3.21. The third-order valence-corrected chi connectivity index (χ3v) is 3.19. The van der Waals surface area contributed by atoms with Gasteiger partial charge in [-0.3, -0.25) is 4.79 Å². The first-order chi connectivity index (χ1) is 12.4. The number of esters is 2. The molecule has 0 saturated heterocycles. The first-order valence-corrected chi connectivity index (χ1v) is 7.52. The molecule has 0 aliphatic heterocycles. The normalized spacial score (nSPS) is 10.2. The molecule has 1 N–H and O–H groups in total. The van der Waals surface area contributed by atoms with E-state index in [9.17, 15) is 24.0 Å². The Bertz CT molecular complexity index is 861. The van der Waals surface area contributed by atoms with Crippen LogP contribution in [-0.4, -0.2) is 44.0 Å². The van der Waals surface area contributed by atoms with Gasteiger partial charge in [0.15, 0.2) is 0 Å². The zero-order valence-corrected chi connectivity index (χ0v) is 14.0. The number of carbonyl (C=O) groups excluding carboxylic acids is 2. The summed E-state index contributed by atoms with van der Waals surface area (Å²) in [6, 6.07) is 0. The lowest BCUT2D eigenvalue weighted by atomic mass is 10.4. The van der Waals surface area contributed by atoms with E-state index in [0.29, 0.717) is 13.7 Å². The van der Waals surface area contributed by atoms with Crippen molar-refractivity contribution < 1.29 is 24.2 Å². The SMILES string of the molecule is C=COC(=O)CCn1c(=O)n(CCO)c(=O)n(CCOC(=O)C=C)c1=O. The van der Waals surface area contributed by atoms with Crippen LogP contribution in [0.5, 0.6) is 0 Å². The Labute approximate surface area is 147 Å². The summed E-state index contributed by atoms with van der Waals surface area (Å²) in [5.41, 5.74) is -2.91. The molecule has 0 radical (unpaired) electrons. The highest BCUT2D eigenvalue weighted by atomic mass is 16.5. The van der Waals surface area contributed by atoms with E-state index in [-0.39, 0.29) is 32.7 Å². The molecule has 1 aromatic rings. The number of carbonyl (C=O) groups is 2. The second-order valence-corrected chi connectivity index (χ2v) is 4.80. The van der Waals surface area contributed by atoms with Crippen molar-refractivity contribution in [2.24, 2.45) is 0 Å². The van der Waals surface area contributed by atoms with Gasteiger partial charge in [0.2, 0.25) is 0 Å². The molecule has 0 unspecified atom stereocenters. The van der Waals surface area contributed by atoms with Crippen LogP contribution in [0.4, 0.5) is 0 Å². The van der Waals surface area contributed by atoms with Gasteiger partial charge >= 0.3 is 29.0 Å². The molecule has 0 saturated carbocycles. The van der Waals surface area contributed by atoms with Gasteiger partial charge in [0.1, 0.15) is 6.61 Å². The van der Waals surface area contributed by atoms with Gasteiger partial charge < -0.3 is 14.6 Å². The quantitative estimate of drug-likeness (QED) is 0.283. The minimum absolute atomic E-state index is 0.310. The summed E-state index contributed by atoms with van der Waals surface area (Å²) in [4.78, 5) is 59.4. The Morgan fingerprint density at radius 1 is 0.962 bits per heavy atom. The fraction of sp³-hybridized carbons (Fsp3) is 0.400. The third kappa shape index (κ3) is 5.14. The maximum atomic E-state index is 12.4. The zero-order chi connectivity index (χ0) is 19.7. The van der Waals surface area contributed by atoms with E-state index in [0.717, 1.165) is 12.3 Å². The standard InChI is InChI=1S/C15H19N3O8/c1-3-11(20)26-10-8-18-14(23)16(6-5-12(21)25-4-2)13(22)17(7-9-19)15(18)24/h3-4,19H,1-2,5-10H2. The van der Waals surface area contributed by atoms with E-state index in [4.69, 9.17) is 9.84 Å². The van der Waals surface area contributed by atoms with Gasteiger partial charge in [-0.15, -0.1) is 0 Å². The van der Waals surface area contributed by atoms with Gasteiger partial charge in [0.25, 0.3) is 0 Å². The Balaban J connectivity index is 3.25. The molecule has 1 heterocycles. The summed E-state index contributed by atoms with van der Waals surface area (Å²) in [6.07, 6.45) is 1.51. The van der Waals surface area contributed by atoms with Crippen LogP contribution in [0.15, 0.2) is 39.9 Å². The van der Waals surface area contributed by atoms with E-state index in [1.807, 2.05) is 0 Å². The lowest BCUT2D eigenvalue weighted by Crippen LogP contribution is -2.55. The molecular weight excluding hydrogens is 350 g/mol. The zero-order valence-electron chi connectivity index (χ0n) is 14.0. The van der Waals surface area contributed by atoms with Crippen molar-refractivity contribution in [1.82, 2.24) is 13.7 Å². The third-order valence-electron chi connectivity index (χ3n) is 3.19. The van der Waals surface area contributed by atoms with Crippen molar-refractivity contribution in [1.29, 1.82) is 0 Å². The number of aromatic nitrogens is 3. The smallest absolute Gasteiger partial charge is 0.336 e. The summed E-state index contributed by atoms with van der Waals surface area (Å²) >= 11 is 0. The van der Waals surface area contributed by atoms with Crippen molar-refractivity contribution in [2.45, 2.75) is 26.1 Å². The number of nitrogens with zero attached hydrogens (tertiary/aromatic N) is 3. The highest BCUT2D eigenvalue weighted by Gasteiger charge is 2.16. The molecule has 142 valence electrons. The molecule has 0 amide bonds. The lowest BCUT2D eigenvalue weighted by Gasteiger charge is -2.13. The molecule has 0 fully saturated rings. The van der Waals surface area contributed by atoms with E-state index in [1.165, 1.54) is 0 Å². The summed E-state index contributed by atoms with van der Waals surface area (Å²) in [7, 11) is 0. The predicted octanol–water partition coefficient (Wildman–Crippen LogP) is -2.03. The summed E-state index contributed by atoms with van der Waals surface area (Å²) in [6.45, 7) is 4.58. The second-order valence-electron chi connectivity index (χ2n) is 4.80. The molecule has 0 spiro atoms. The minimum Gasteiger partial charge on any atom is -0.461 e. The van der Waals surface area contributed by atoms with Crippen LogP contribution in [-0.2, 0) is 38.7 Å². The average molecular weight is 369 g/mol. The van der Waals surface area contributed by atoms with Crippen molar-refractivity contribution >= 4 is 11.9 Å². The van der Waals surface area contributed by atoms with Gasteiger partial charge in [0, 0.05) is 12.6 Å². The molecule has 11 heteroatoms. The molecule has 0 aliphatic rings. The maximum absolute atomic E-state index is 12.4. The summed E-state index contributed by atoms with van der Waals surface area (Å²) < 4.78 is 11.2. The predicted molar refractivity (Wildman–Crippen MR) is 88.4 cm³/mol. The van der Waals surface area contributed by atoms with Crippen molar-refractivity contribution in [3.05, 3.63) is 56.9 Å². The number of rotatable bonds is 10. The summed E-state index contributed by atoms with van der Waals surface area (Å²) in [5, 5.41) is 9.03. The lowest BCUT2D eigenvalue weighted by molar-refractivity contribution is -0.139. The Morgan fingerprint density at radius 2 is 1.50 bits per heavy atom. The molecule has 1 aromatic heterocycles. The van der Waals surface area contributed by atoms with Crippen molar-refractivity contribution in [3.8, 4) is 0 Å². The molecule has 11 nitrogen and oxygen atoms in total. The largest absolute Gasteiger partial charge is 0.461 e. The molecule has 1 rings (SSSR count). The van der Waals surface area contributed by atoms with Crippen molar-refractivity contribution in [2.75, 3.05) is 13.2 Å². The topological polar surface area (TPSA) is 139 Å². The van der Waals surface area contributed by atoms with Gasteiger partial charge in [0.05, 0.1) is 32.4 Å².